The molecule has 0 radical (unpaired) electrons. The maximum absolute atomic E-state index is 12.9. The van der Waals surface area contributed by atoms with Crippen LogP contribution in [0.15, 0.2) is 146 Å². The van der Waals surface area contributed by atoms with E-state index in [9.17, 15) is 14.4 Å². The largest absolute Gasteiger partial charge is 0.462 e. The van der Waals surface area contributed by atoms with Crippen LogP contribution in [0.1, 0.15) is 290 Å². The van der Waals surface area contributed by atoms with E-state index in [-0.39, 0.29) is 38.0 Å². The molecule has 1 unspecified atom stereocenters. The molecule has 0 amide bonds. The van der Waals surface area contributed by atoms with Crippen molar-refractivity contribution in [3.8, 4) is 0 Å². The van der Waals surface area contributed by atoms with Crippen molar-refractivity contribution in [1.29, 1.82) is 0 Å². The molecule has 1 atom stereocenters. The molecule has 0 fully saturated rings. The molecule has 0 saturated heterocycles. The first kappa shape index (κ1) is 76.3. The zero-order valence-corrected chi connectivity index (χ0v) is 52.5. The third-order valence-electron chi connectivity index (χ3n) is 13.8. The number of hydrogen-bond donors (Lipinski definition) is 0. The second kappa shape index (κ2) is 67.8. The van der Waals surface area contributed by atoms with Crippen LogP contribution in [0.5, 0.6) is 0 Å². The predicted molar refractivity (Wildman–Crippen MR) is 352 cm³/mol. The SMILES string of the molecule is CC/C=C\C/C=C\C/C=C\C/C=C\C/C=C\C/C=C\CCCCCCC(=O)OC(COC(=O)C/C=C\C/C=C\C/C=C\C/C=C\C/C=C\CC)COC(=O)CCCCCCCCCCCCCCC/C=C\CCCCCCCCCC. The van der Waals surface area contributed by atoms with Gasteiger partial charge >= 0.3 is 17.9 Å². The molecule has 0 aromatic carbocycles. The van der Waals surface area contributed by atoms with Gasteiger partial charge in [-0.15, -0.1) is 0 Å². The topological polar surface area (TPSA) is 78.9 Å². The van der Waals surface area contributed by atoms with Crippen LogP contribution in [0.4, 0.5) is 0 Å². The van der Waals surface area contributed by atoms with E-state index in [2.05, 4.69) is 154 Å². The van der Waals surface area contributed by atoms with E-state index in [1.807, 2.05) is 6.08 Å². The minimum atomic E-state index is -0.839. The molecule has 0 spiro atoms. The molecule has 0 bridgehead atoms. The van der Waals surface area contributed by atoms with Crippen molar-refractivity contribution in [3.63, 3.8) is 0 Å². The van der Waals surface area contributed by atoms with Gasteiger partial charge in [0.2, 0.25) is 0 Å². The molecule has 0 aliphatic rings. The van der Waals surface area contributed by atoms with Crippen molar-refractivity contribution in [1.82, 2.24) is 0 Å². The van der Waals surface area contributed by atoms with Gasteiger partial charge in [-0.05, 0) is 122 Å². The van der Waals surface area contributed by atoms with Crippen molar-refractivity contribution in [2.75, 3.05) is 13.2 Å². The maximum Gasteiger partial charge on any atom is 0.309 e. The Morgan fingerprint density at radius 2 is 0.531 bits per heavy atom. The van der Waals surface area contributed by atoms with Gasteiger partial charge in [0.1, 0.15) is 13.2 Å². The molecule has 6 heteroatoms. The Morgan fingerprint density at radius 3 is 0.877 bits per heavy atom. The van der Waals surface area contributed by atoms with E-state index in [0.717, 1.165) is 122 Å². The summed E-state index contributed by atoms with van der Waals surface area (Å²) in [5.41, 5.74) is 0. The molecule has 0 rings (SSSR count). The van der Waals surface area contributed by atoms with Crippen molar-refractivity contribution in [2.45, 2.75) is 297 Å². The van der Waals surface area contributed by atoms with E-state index in [0.29, 0.717) is 6.42 Å². The van der Waals surface area contributed by atoms with Gasteiger partial charge in [0.05, 0.1) is 6.42 Å². The lowest BCUT2D eigenvalue weighted by molar-refractivity contribution is -0.166. The highest BCUT2D eigenvalue weighted by Gasteiger charge is 2.19. The first-order valence-electron chi connectivity index (χ1n) is 33.3. The molecule has 0 aromatic heterocycles. The summed E-state index contributed by atoms with van der Waals surface area (Å²) in [6.45, 7) is 6.32. The van der Waals surface area contributed by atoms with Crippen molar-refractivity contribution >= 4 is 17.9 Å². The van der Waals surface area contributed by atoms with Crippen LogP contribution in [-0.4, -0.2) is 37.2 Å². The molecule has 0 aliphatic heterocycles. The average molecular weight is 1120 g/mol. The van der Waals surface area contributed by atoms with Crippen LogP contribution in [0, 0.1) is 0 Å². The summed E-state index contributed by atoms with van der Waals surface area (Å²) < 4.78 is 16.8. The maximum atomic E-state index is 12.9. The lowest BCUT2D eigenvalue weighted by atomic mass is 10.0. The van der Waals surface area contributed by atoms with Crippen LogP contribution < -0.4 is 0 Å². The zero-order chi connectivity index (χ0) is 58.5. The Bertz CT molecular complexity index is 1760. The van der Waals surface area contributed by atoms with Gasteiger partial charge in [0.15, 0.2) is 6.10 Å². The van der Waals surface area contributed by atoms with E-state index >= 15 is 0 Å². The molecule has 0 aromatic rings. The summed E-state index contributed by atoms with van der Waals surface area (Å²) in [7, 11) is 0. The van der Waals surface area contributed by atoms with Gasteiger partial charge in [0.25, 0.3) is 0 Å². The minimum Gasteiger partial charge on any atom is -0.462 e. The number of unbranched alkanes of at least 4 members (excludes halogenated alkanes) is 25. The third kappa shape index (κ3) is 66.0. The van der Waals surface area contributed by atoms with Crippen molar-refractivity contribution in [3.05, 3.63) is 146 Å². The fraction of sp³-hybridized carbons (Fsp3) is 0.640. The number of carbonyl (C=O) groups excluding carboxylic acids is 3. The lowest BCUT2D eigenvalue weighted by Crippen LogP contribution is -2.30. The number of hydrogen-bond acceptors (Lipinski definition) is 6. The van der Waals surface area contributed by atoms with Gasteiger partial charge in [-0.25, -0.2) is 0 Å². The van der Waals surface area contributed by atoms with E-state index in [1.165, 1.54) is 128 Å². The molecule has 6 nitrogen and oxygen atoms in total. The van der Waals surface area contributed by atoms with Crippen LogP contribution >= 0.6 is 0 Å². The van der Waals surface area contributed by atoms with E-state index < -0.39 is 12.1 Å². The monoisotopic (exact) mass is 1120 g/mol. The Balaban J connectivity index is 4.46. The van der Waals surface area contributed by atoms with Gasteiger partial charge in [-0.1, -0.05) is 295 Å². The molecular formula is C75H122O6. The number of carbonyl (C=O) groups is 3. The van der Waals surface area contributed by atoms with Crippen LogP contribution in [0.2, 0.25) is 0 Å². The number of ether oxygens (including phenoxy) is 3. The fourth-order valence-electron chi connectivity index (χ4n) is 8.93. The van der Waals surface area contributed by atoms with Crippen LogP contribution in [0.3, 0.4) is 0 Å². The molecule has 0 saturated carbocycles. The smallest absolute Gasteiger partial charge is 0.309 e. The van der Waals surface area contributed by atoms with Crippen molar-refractivity contribution < 1.29 is 28.6 Å². The highest BCUT2D eigenvalue weighted by Crippen LogP contribution is 2.16. The fourth-order valence-corrected chi connectivity index (χ4v) is 8.93. The minimum absolute atomic E-state index is 0.116. The summed E-state index contributed by atoms with van der Waals surface area (Å²) >= 11 is 0. The standard InChI is InChI=1S/C75H122O6/c1-4-7-10-13-16-19-22-25-28-30-32-34-36-37-39-40-42-44-47-50-53-56-59-62-65-68-74(77)80-71-72(70-79-73(76)67-64-61-58-55-52-49-46-27-24-21-18-15-12-9-6-3)81-75(78)69-66-63-60-57-54-51-48-45-43-41-38-35-33-31-29-26-23-20-17-14-11-8-5-2/h8-9,11-12,17-18,20-21,26-27,29-30,32-33,35,41,43,46,48,51-52,55,61,64,72H,4-7,10,13-16,19,22-25,28,31,34,36-40,42,44-45,47,49-50,53-54,56-60,62-63,65-71H2,1-3H3/b11-8-,12-9-,20-17-,21-18-,29-26-,32-30-,35-33-,43-41-,46-27-,51-48-,55-52-,64-61-. The molecule has 0 N–H and O–H groups in total. The Hall–Kier alpha value is -4.71. The van der Waals surface area contributed by atoms with E-state index in [4.69, 9.17) is 14.2 Å². The number of allylic oxidation sites excluding steroid dienone is 23. The summed E-state index contributed by atoms with van der Waals surface area (Å²) in [6.07, 6.45) is 97.5. The molecule has 0 aliphatic carbocycles. The second-order valence-electron chi connectivity index (χ2n) is 21.6. The van der Waals surface area contributed by atoms with Gasteiger partial charge in [-0.3, -0.25) is 14.4 Å². The first-order chi connectivity index (χ1) is 40.0. The molecule has 458 valence electrons. The average Bonchev–Trinajstić information content (AvgIpc) is 3.47. The van der Waals surface area contributed by atoms with Crippen LogP contribution in [0.25, 0.3) is 0 Å². The van der Waals surface area contributed by atoms with Gasteiger partial charge < -0.3 is 14.2 Å². The van der Waals surface area contributed by atoms with Crippen LogP contribution in [-0.2, 0) is 28.6 Å². The highest BCUT2D eigenvalue weighted by molar-refractivity contribution is 5.72. The summed E-state index contributed by atoms with van der Waals surface area (Å²) in [4.78, 5) is 38.3. The van der Waals surface area contributed by atoms with Gasteiger partial charge in [0, 0.05) is 12.8 Å². The highest BCUT2D eigenvalue weighted by atomic mass is 16.6. The third-order valence-corrected chi connectivity index (χ3v) is 13.8. The summed E-state index contributed by atoms with van der Waals surface area (Å²) in [6, 6.07) is 0. The summed E-state index contributed by atoms with van der Waals surface area (Å²) in [5, 5.41) is 0. The Labute approximate surface area is 499 Å². The number of esters is 3. The first-order valence-corrected chi connectivity index (χ1v) is 33.3. The predicted octanol–water partition coefficient (Wildman–Crippen LogP) is 23.1. The second-order valence-corrected chi connectivity index (χ2v) is 21.6. The number of rotatable bonds is 59. The van der Waals surface area contributed by atoms with E-state index in [1.54, 1.807) is 6.08 Å². The molecular weight excluding hydrogens is 997 g/mol. The normalized spacial score (nSPS) is 13.1. The zero-order valence-electron chi connectivity index (χ0n) is 52.5. The Morgan fingerprint density at radius 1 is 0.272 bits per heavy atom. The molecule has 81 heavy (non-hydrogen) atoms. The quantitative estimate of drug-likeness (QED) is 0.0261. The molecule has 0 heterocycles. The van der Waals surface area contributed by atoms with Crippen molar-refractivity contribution in [2.24, 2.45) is 0 Å². The van der Waals surface area contributed by atoms with Gasteiger partial charge in [-0.2, -0.15) is 0 Å². The summed E-state index contributed by atoms with van der Waals surface area (Å²) in [5.74, 6) is -1.08. The lowest BCUT2D eigenvalue weighted by Gasteiger charge is -2.18. The Kier molecular flexibility index (Phi) is 63.9.